The predicted molar refractivity (Wildman–Crippen MR) is 82.5 cm³/mol. The van der Waals surface area contributed by atoms with Gasteiger partial charge in [0.1, 0.15) is 0 Å². The number of benzene rings is 1. The van der Waals surface area contributed by atoms with E-state index in [1.807, 2.05) is 17.0 Å². The van der Waals surface area contributed by atoms with Gasteiger partial charge in [0, 0.05) is 19.0 Å². The highest BCUT2D eigenvalue weighted by molar-refractivity contribution is 5.77. The largest absolute Gasteiger partial charge is 0.340 e. The highest BCUT2D eigenvalue weighted by Gasteiger charge is 2.27. The Kier molecular flexibility index (Phi) is 5.18. The highest BCUT2D eigenvalue weighted by Crippen LogP contribution is 2.22. The fourth-order valence-corrected chi connectivity index (χ4v) is 3.00. The van der Waals surface area contributed by atoms with E-state index < -0.39 is 0 Å². The molecule has 1 amide bonds. The van der Waals surface area contributed by atoms with Crippen LogP contribution in [0.4, 0.5) is 0 Å². The van der Waals surface area contributed by atoms with Gasteiger partial charge in [-0.1, -0.05) is 24.3 Å². The van der Waals surface area contributed by atoms with E-state index in [0.29, 0.717) is 24.9 Å². The number of hydrogen-bond acceptors (Lipinski definition) is 2. The number of carbonyl (C=O) groups is 1. The van der Waals surface area contributed by atoms with Crippen LogP contribution in [0, 0.1) is 12.8 Å². The fourth-order valence-electron chi connectivity index (χ4n) is 3.00. The Balaban J connectivity index is 1.92. The summed E-state index contributed by atoms with van der Waals surface area (Å²) in [4.78, 5) is 14.5. The molecular formula is C17H26N2O. The topological polar surface area (TPSA) is 46.3 Å². The lowest BCUT2D eigenvalue weighted by Crippen LogP contribution is -2.47. The molecule has 0 aromatic heterocycles. The predicted octanol–water partition coefficient (Wildman–Crippen LogP) is 2.51. The van der Waals surface area contributed by atoms with E-state index >= 15 is 0 Å². The Morgan fingerprint density at radius 2 is 2.10 bits per heavy atom. The second kappa shape index (κ2) is 6.89. The second-order valence-electron chi connectivity index (χ2n) is 6.00. The minimum atomic E-state index is 0.277. The monoisotopic (exact) mass is 274 g/mol. The molecule has 0 aliphatic carbocycles. The van der Waals surface area contributed by atoms with Gasteiger partial charge < -0.3 is 10.6 Å². The molecule has 1 aliphatic rings. The first-order chi connectivity index (χ1) is 9.61. The molecule has 110 valence electrons. The van der Waals surface area contributed by atoms with Gasteiger partial charge in [-0.3, -0.25) is 4.79 Å². The van der Waals surface area contributed by atoms with Gasteiger partial charge >= 0.3 is 0 Å². The fraction of sp³-hybridized carbons (Fsp3) is 0.588. The van der Waals surface area contributed by atoms with Crippen LogP contribution in [0.25, 0.3) is 0 Å². The van der Waals surface area contributed by atoms with Crippen molar-refractivity contribution < 1.29 is 4.79 Å². The van der Waals surface area contributed by atoms with Crippen LogP contribution in [0.15, 0.2) is 24.3 Å². The summed E-state index contributed by atoms with van der Waals surface area (Å²) in [6.07, 6.45) is 3.67. The summed E-state index contributed by atoms with van der Waals surface area (Å²) < 4.78 is 0. The van der Waals surface area contributed by atoms with Crippen LogP contribution in [-0.4, -0.2) is 29.9 Å². The third-order valence-electron chi connectivity index (χ3n) is 4.50. The molecule has 3 nitrogen and oxygen atoms in total. The highest BCUT2D eigenvalue weighted by atomic mass is 16.2. The van der Waals surface area contributed by atoms with Gasteiger partial charge in [0.25, 0.3) is 0 Å². The van der Waals surface area contributed by atoms with E-state index in [0.717, 1.165) is 25.8 Å². The maximum atomic E-state index is 12.4. The van der Waals surface area contributed by atoms with Gasteiger partial charge in [-0.15, -0.1) is 0 Å². The first kappa shape index (κ1) is 15.0. The maximum Gasteiger partial charge on any atom is 0.223 e. The lowest BCUT2D eigenvalue weighted by molar-refractivity contribution is -0.135. The van der Waals surface area contributed by atoms with Crippen LogP contribution in [-0.2, 0) is 11.2 Å². The molecule has 2 atom stereocenters. The number of likely N-dealkylation sites (tertiary alicyclic amines) is 1. The van der Waals surface area contributed by atoms with Crippen molar-refractivity contribution in [1.29, 1.82) is 0 Å². The number of hydrogen-bond donors (Lipinski definition) is 1. The Labute approximate surface area is 122 Å². The summed E-state index contributed by atoms with van der Waals surface area (Å²) in [5.41, 5.74) is 8.31. The van der Waals surface area contributed by atoms with E-state index in [4.69, 9.17) is 5.73 Å². The molecule has 0 radical (unpaired) electrons. The smallest absolute Gasteiger partial charge is 0.223 e. The van der Waals surface area contributed by atoms with Crippen molar-refractivity contribution in [3.63, 3.8) is 0 Å². The quantitative estimate of drug-likeness (QED) is 0.917. The Morgan fingerprint density at radius 1 is 1.35 bits per heavy atom. The molecule has 3 heteroatoms. The number of carbonyl (C=O) groups excluding carboxylic acids is 1. The molecular weight excluding hydrogens is 248 g/mol. The van der Waals surface area contributed by atoms with Crippen LogP contribution in [0.2, 0.25) is 0 Å². The Hall–Kier alpha value is -1.35. The van der Waals surface area contributed by atoms with E-state index in [-0.39, 0.29) is 5.91 Å². The van der Waals surface area contributed by atoms with Gasteiger partial charge in [0.2, 0.25) is 5.91 Å². The summed E-state index contributed by atoms with van der Waals surface area (Å²) in [7, 11) is 0. The number of nitrogens with zero attached hydrogens (tertiary/aromatic N) is 1. The average Bonchev–Trinajstić information content (AvgIpc) is 2.46. The van der Waals surface area contributed by atoms with Crippen LogP contribution < -0.4 is 5.73 Å². The molecule has 0 saturated carbocycles. The summed E-state index contributed by atoms with van der Waals surface area (Å²) in [6.45, 7) is 5.78. The molecule has 2 rings (SSSR count). The van der Waals surface area contributed by atoms with Crippen molar-refractivity contribution >= 4 is 5.91 Å². The van der Waals surface area contributed by atoms with Crippen LogP contribution >= 0.6 is 0 Å². The van der Waals surface area contributed by atoms with E-state index in [9.17, 15) is 4.79 Å². The summed E-state index contributed by atoms with van der Waals surface area (Å²) >= 11 is 0. The lowest BCUT2D eigenvalue weighted by Gasteiger charge is -2.37. The molecule has 1 aromatic carbocycles. The minimum Gasteiger partial charge on any atom is -0.340 e. The molecule has 0 spiro atoms. The summed E-state index contributed by atoms with van der Waals surface area (Å²) in [5.74, 6) is 0.757. The van der Waals surface area contributed by atoms with Crippen molar-refractivity contribution in [2.24, 2.45) is 11.7 Å². The number of amides is 1. The molecule has 1 aromatic rings. The van der Waals surface area contributed by atoms with E-state index in [1.165, 1.54) is 11.1 Å². The standard InChI is InChI=1S/C17H26N2O/c1-13-5-3-4-6-16(13)9-10-17(20)19-12-15(11-18)8-7-14(19)2/h3-6,14-15H,7-12,18H2,1-2H3. The van der Waals surface area contributed by atoms with Gasteiger partial charge in [-0.2, -0.15) is 0 Å². The molecule has 2 unspecified atom stereocenters. The van der Waals surface area contributed by atoms with Crippen molar-refractivity contribution in [3.05, 3.63) is 35.4 Å². The van der Waals surface area contributed by atoms with Gasteiger partial charge in [-0.25, -0.2) is 0 Å². The van der Waals surface area contributed by atoms with Crippen molar-refractivity contribution in [2.75, 3.05) is 13.1 Å². The normalized spacial score (nSPS) is 22.9. The number of rotatable bonds is 4. The molecule has 1 saturated heterocycles. The number of piperidine rings is 1. The minimum absolute atomic E-state index is 0.277. The first-order valence-corrected chi connectivity index (χ1v) is 7.66. The van der Waals surface area contributed by atoms with Gasteiger partial charge in [0.15, 0.2) is 0 Å². The van der Waals surface area contributed by atoms with Gasteiger partial charge in [-0.05, 0) is 56.7 Å². The van der Waals surface area contributed by atoms with E-state index in [2.05, 4.69) is 26.0 Å². The molecule has 1 fully saturated rings. The van der Waals surface area contributed by atoms with Crippen LogP contribution in [0.3, 0.4) is 0 Å². The molecule has 2 N–H and O–H groups in total. The zero-order valence-corrected chi connectivity index (χ0v) is 12.6. The van der Waals surface area contributed by atoms with Crippen LogP contribution in [0.5, 0.6) is 0 Å². The number of aryl methyl sites for hydroxylation is 2. The summed E-state index contributed by atoms with van der Waals surface area (Å²) in [6, 6.07) is 8.67. The van der Waals surface area contributed by atoms with Gasteiger partial charge in [0.05, 0.1) is 0 Å². The summed E-state index contributed by atoms with van der Waals surface area (Å²) in [5, 5.41) is 0. The molecule has 20 heavy (non-hydrogen) atoms. The third kappa shape index (κ3) is 3.60. The molecule has 1 heterocycles. The average molecular weight is 274 g/mol. The van der Waals surface area contributed by atoms with E-state index in [1.54, 1.807) is 0 Å². The zero-order valence-electron chi connectivity index (χ0n) is 12.6. The SMILES string of the molecule is Cc1ccccc1CCC(=O)N1CC(CN)CCC1C. The van der Waals surface area contributed by atoms with Crippen molar-refractivity contribution in [2.45, 2.75) is 45.6 Å². The Bertz CT molecular complexity index is 458. The van der Waals surface area contributed by atoms with Crippen molar-refractivity contribution in [1.82, 2.24) is 4.90 Å². The zero-order chi connectivity index (χ0) is 14.5. The first-order valence-electron chi connectivity index (χ1n) is 7.66. The van der Waals surface area contributed by atoms with Crippen LogP contribution in [0.1, 0.15) is 37.3 Å². The Morgan fingerprint density at radius 3 is 2.80 bits per heavy atom. The van der Waals surface area contributed by atoms with Crippen molar-refractivity contribution in [3.8, 4) is 0 Å². The second-order valence-corrected chi connectivity index (χ2v) is 6.00. The molecule has 1 aliphatic heterocycles. The maximum absolute atomic E-state index is 12.4. The lowest BCUT2D eigenvalue weighted by atomic mass is 9.93. The third-order valence-corrected chi connectivity index (χ3v) is 4.50. The number of nitrogens with two attached hydrogens (primary N) is 1. The molecule has 0 bridgehead atoms.